The molecule has 21 heavy (non-hydrogen) atoms. The lowest BCUT2D eigenvalue weighted by Gasteiger charge is -2.12. The first-order valence-electron chi connectivity index (χ1n) is 6.31. The van der Waals surface area contributed by atoms with Gasteiger partial charge in [-0.25, -0.2) is 0 Å². The maximum atomic E-state index is 12.3. The van der Waals surface area contributed by atoms with Crippen molar-refractivity contribution < 1.29 is 9.36 Å². The first-order chi connectivity index (χ1) is 9.88. The number of halogens is 3. The zero-order chi connectivity index (χ0) is 15.6. The highest BCUT2D eigenvalue weighted by Gasteiger charge is 2.23. The maximum Gasteiger partial charge on any atom is 0.293 e. The van der Waals surface area contributed by atoms with E-state index in [9.17, 15) is 4.79 Å². The van der Waals surface area contributed by atoms with Crippen molar-refractivity contribution in [3.8, 4) is 0 Å². The van der Waals surface area contributed by atoms with Crippen LogP contribution < -0.4 is 9.88 Å². The molecule has 1 aromatic heterocycles. The van der Waals surface area contributed by atoms with Crippen molar-refractivity contribution in [2.45, 2.75) is 19.9 Å². The van der Waals surface area contributed by atoms with Crippen LogP contribution in [0.3, 0.4) is 0 Å². The molecule has 0 aliphatic rings. The topological polar surface area (TPSA) is 33.0 Å². The lowest BCUT2D eigenvalue weighted by molar-refractivity contribution is -0.705. The number of aryl methyl sites for hydroxylation is 1. The number of hydrogen-bond donors (Lipinski definition) is 1. The molecule has 0 aliphatic heterocycles. The van der Waals surface area contributed by atoms with E-state index < -0.39 is 6.04 Å². The summed E-state index contributed by atoms with van der Waals surface area (Å²) in [5.41, 5.74) is 1.50. The fourth-order valence-corrected chi connectivity index (χ4v) is 2.71. The van der Waals surface area contributed by atoms with Crippen LogP contribution in [0.4, 0.5) is 5.69 Å². The standard InChI is InChI=1S/C15H13Cl3N2O/c1-9-3-5-20(6-4-9)10(2)15(21)19-14-12(17)7-11(16)8-13(14)18/h3-8,10H,1-2H3/p+1/t10-/m1/s1. The monoisotopic (exact) mass is 343 g/mol. The Hall–Kier alpha value is -1.29. The molecule has 0 bridgehead atoms. The van der Waals surface area contributed by atoms with E-state index in [1.54, 1.807) is 11.5 Å². The molecule has 110 valence electrons. The van der Waals surface area contributed by atoms with Gasteiger partial charge in [0.1, 0.15) is 0 Å². The number of carbonyl (C=O) groups is 1. The number of anilines is 1. The predicted molar refractivity (Wildman–Crippen MR) is 86.2 cm³/mol. The molecule has 0 saturated carbocycles. The highest BCUT2D eigenvalue weighted by molar-refractivity contribution is 6.42. The largest absolute Gasteiger partial charge is 0.318 e. The smallest absolute Gasteiger partial charge is 0.293 e. The van der Waals surface area contributed by atoms with E-state index >= 15 is 0 Å². The van der Waals surface area contributed by atoms with Crippen molar-refractivity contribution in [1.82, 2.24) is 0 Å². The molecule has 1 heterocycles. The Morgan fingerprint density at radius 1 is 1.14 bits per heavy atom. The third-order valence-corrected chi connectivity index (χ3v) is 3.92. The Kier molecular flexibility index (Phi) is 5.09. The Morgan fingerprint density at radius 2 is 1.67 bits per heavy atom. The molecule has 0 aliphatic carbocycles. The van der Waals surface area contributed by atoms with Crippen molar-refractivity contribution in [3.05, 3.63) is 57.3 Å². The average Bonchev–Trinajstić information content (AvgIpc) is 2.42. The van der Waals surface area contributed by atoms with Gasteiger partial charge in [-0.15, -0.1) is 0 Å². The van der Waals surface area contributed by atoms with Gasteiger partial charge >= 0.3 is 0 Å². The molecule has 1 N–H and O–H groups in total. The van der Waals surface area contributed by atoms with Gasteiger partial charge in [-0.1, -0.05) is 34.8 Å². The van der Waals surface area contributed by atoms with Crippen molar-refractivity contribution in [1.29, 1.82) is 0 Å². The second-order valence-electron chi connectivity index (χ2n) is 4.73. The quantitative estimate of drug-likeness (QED) is 0.820. The normalized spacial score (nSPS) is 12.0. The molecular formula is C15H14Cl3N2O+. The predicted octanol–water partition coefficient (Wildman–Crippen LogP) is 4.44. The number of pyridine rings is 1. The number of hydrogen-bond acceptors (Lipinski definition) is 1. The molecule has 0 fully saturated rings. The summed E-state index contributed by atoms with van der Waals surface area (Å²) in [6.45, 7) is 3.78. The van der Waals surface area contributed by atoms with E-state index in [0.29, 0.717) is 20.8 Å². The number of rotatable bonds is 3. The van der Waals surface area contributed by atoms with Crippen molar-refractivity contribution >= 4 is 46.4 Å². The van der Waals surface area contributed by atoms with Crippen LogP contribution in [0, 0.1) is 6.92 Å². The SMILES string of the molecule is Cc1cc[n+]([C@H](C)C(=O)Nc2c(Cl)cc(Cl)cc2Cl)cc1. The van der Waals surface area contributed by atoms with Gasteiger partial charge in [0.2, 0.25) is 6.04 Å². The minimum atomic E-state index is -0.395. The van der Waals surface area contributed by atoms with Crippen LogP contribution >= 0.6 is 34.8 Å². The van der Waals surface area contributed by atoms with Crippen LogP contribution in [0.5, 0.6) is 0 Å². The van der Waals surface area contributed by atoms with Crippen LogP contribution in [0.25, 0.3) is 0 Å². The van der Waals surface area contributed by atoms with Crippen molar-refractivity contribution in [3.63, 3.8) is 0 Å². The Bertz CT molecular complexity index is 648. The van der Waals surface area contributed by atoms with E-state index in [2.05, 4.69) is 5.32 Å². The van der Waals surface area contributed by atoms with Gasteiger partial charge in [-0.05, 0) is 24.6 Å². The number of aromatic nitrogens is 1. The molecule has 0 spiro atoms. The molecule has 0 unspecified atom stereocenters. The Labute approximate surface area is 138 Å². The van der Waals surface area contributed by atoms with Crippen LogP contribution in [0.1, 0.15) is 18.5 Å². The fourth-order valence-electron chi connectivity index (χ4n) is 1.80. The summed E-state index contributed by atoms with van der Waals surface area (Å²) in [5.74, 6) is -0.213. The number of amides is 1. The minimum absolute atomic E-state index is 0.213. The third-order valence-electron chi connectivity index (χ3n) is 3.10. The van der Waals surface area contributed by atoms with Crippen LogP contribution in [0.15, 0.2) is 36.7 Å². The summed E-state index contributed by atoms with van der Waals surface area (Å²) >= 11 is 18.0. The highest BCUT2D eigenvalue weighted by atomic mass is 35.5. The first kappa shape index (κ1) is 16.1. The summed E-state index contributed by atoms with van der Waals surface area (Å²) in [6, 6.07) is 6.55. The third kappa shape index (κ3) is 3.88. The van der Waals surface area contributed by atoms with Gasteiger partial charge in [-0.3, -0.25) is 4.79 Å². The average molecular weight is 345 g/mol. The lowest BCUT2D eigenvalue weighted by Crippen LogP contribution is -2.44. The van der Waals surface area contributed by atoms with Gasteiger partial charge in [0, 0.05) is 24.1 Å². The minimum Gasteiger partial charge on any atom is -0.318 e. The Balaban J connectivity index is 2.20. The summed E-state index contributed by atoms with van der Waals surface area (Å²) < 4.78 is 1.81. The molecule has 1 amide bonds. The van der Waals surface area contributed by atoms with Crippen molar-refractivity contribution in [2.24, 2.45) is 0 Å². The molecule has 1 aromatic carbocycles. The van der Waals surface area contributed by atoms with E-state index in [1.807, 2.05) is 31.5 Å². The summed E-state index contributed by atoms with van der Waals surface area (Å²) in [5, 5.41) is 3.77. The van der Waals surface area contributed by atoms with Crippen LogP contribution in [-0.2, 0) is 4.79 Å². The zero-order valence-corrected chi connectivity index (χ0v) is 13.8. The molecule has 2 aromatic rings. The molecule has 0 radical (unpaired) electrons. The highest BCUT2D eigenvalue weighted by Crippen LogP contribution is 2.33. The second-order valence-corrected chi connectivity index (χ2v) is 5.98. The van der Waals surface area contributed by atoms with E-state index in [1.165, 1.54) is 12.1 Å². The number of nitrogens with zero attached hydrogens (tertiary/aromatic N) is 1. The molecule has 1 atom stereocenters. The first-order valence-corrected chi connectivity index (χ1v) is 7.44. The zero-order valence-electron chi connectivity index (χ0n) is 11.5. The maximum absolute atomic E-state index is 12.3. The van der Waals surface area contributed by atoms with Gasteiger partial charge in [0.15, 0.2) is 12.4 Å². The van der Waals surface area contributed by atoms with Crippen LogP contribution in [-0.4, -0.2) is 5.91 Å². The second kappa shape index (κ2) is 6.65. The van der Waals surface area contributed by atoms with Crippen LogP contribution in [0.2, 0.25) is 15.1 Å². The summed E-state index contributed by atoms with van der Waals surface area (Å²) in [6.07, 6.45) is 3.70. The van der Waals surface area contributed by atoms with E-state index in [4.69, 9.17) is 34.8 Å². The summed E-state index contributed by atoms with van der Waals surface area (Å²) in [7, 11) is 0. The number of benzene rings is 1. The van der Waals surface area contributed by atoms with Gasteiger partial charge in [0.25, 0.3) is 5.91 Å². The fraction of sp³-hybridized carbons (Fsp3) is 0.200. The number of carbonyl (C=O) groups excluding carboxylic acids is 1. The van der Waals surface area contributed by atoms with Crippen molar-refractivity contribution in [2.75, 3.05) is 5.32 Å². The van der Waals surface area contributed by atoms with E-state index in [0.717, 1.165) is 5.56 Å². The molecule has 2 rings (SSSR count). The Morgan fingerprint density at radius 3 is 2.19 bits per heavy atom. The van der Waals surface area contributed by atoms with E-state index in [-0.39, 0.29) is 5.91 Å². The summed E-state index contributed by atoms with van der Waals surface area (Å²) in [4.78, 5) is 12.3. The van der Waals surface area contributed by atoms with Gasteiger partial charge < -0.3 is 5.32 Å². The van der Waals surface area contributed by atoms with Gasteiger partial charge in [0.05, 0.1) is 15.7 Å². The number of nitrogens with one attached hydrogen (secondary N) is 1. The van der Waals surface area contributed by atoms with Gasteiger partial charge in [-0.2, -0.15) is 4.57 Å². The molecular weight excluding hydrogens is 331 g/mol. The molecule has 3 nitrogen and oxygen atoms in total. The molecule has 0 saturated heterocycles. The lowest BCUT2D eigenvalue weighted by atomic mass is 10.2. The molecule has 6 heteroatoms.